The van der Waals surface area contributed by atoms with Crippen LogP contribution in [0.15, 0.2) is 30.3 Å². The first-order chi connectivity index (χ1) is 11.1. The molecule has 0 bridgehead atoms. The molecule has 2 amide bonds. The van der Waals surface area contributed by atoms with Gasteiger partial charge in [-0.05, 0) is 12.1 Å². The van der Waals surface area contributed by atoms with Crippen molar-refractivity contribution in [2.45, 2.75) is 0 Å². The number of benzene rings is 1. The number of H-pyrrole nitrogens is 1. The van der Waals surface area contributed by atoms with Gasteiger partial charge in [0.05, 0.1) is 12.5 Å². The zero-order valence-electron chi connectivity index (χ0n) is 13.3. The molecule has 1 aromatic carbocycles. The molecule has 1 fully saturated rings. The topological polar surface area (TPSA) is 74.4 Å². The highest BCUT2D eigenvalue weighted by Gasteiger charge is 2.39. The second-order valence-electron chi connectivity index (χ2n) is 5.92. The molecule has 1 saturated heterocycles. The van der Waals surface area contributed by atoms with Crippen LogP contribution in [0, 0.1) is 11.8 Å². The second kappa shape index (κ2) is 6.42. The molecule has 6 heteroatoms. The van der Waals surface area contributed by atoms with E-state index in [0.717, 1.165) is 10.9 Å². The smallest absolute Gasteiger partial charge is 0.270 e. The number of para-hydroxylation sites is 1. The minimum absolute atomic E-state index is 0.0216. The summed E-state index contributed by atoms with van der Waals surface area (Å²) in [5.74, 6) is -0.325. The number of fused-ring (bicyclic) bond motifs is 1. The van der Waals surface area contributed by atoms with Crippen LogP contribution in [-0.4, -0.2) is 55.6 Å². The number of ether oxygens (including phenoxy) is 1. The van der Waals surface area contributed by atoms with Gasteiger partial charge in [-0.25, -0.2) is 0 Å². The number of hydrogen-bond donors (Lipinski definition) is 2. The third kappa shape index (κ3) is 2.94. The van der Waals surface area contributed by atoms with Crippen LogP contribution in [0.1, 0.15) is 10.5 Å². The molecule has 1 aromatic heterocycles. The zero-order chi connectivity index (χ0) is 16.4. The van der Waals surface area contributed by atoms with E-state index in [4.69, 9.17) is 4.74 Å². The Morgan fingerprint density at radius 2 is 2.13 bits per heavy atom. The van der Waals surface area contributed by atoms with E-state index in [1.165, 1.54) is 0 Å². The number of methoxy groups -OCH3 is 1. The molecular formula is C17H21N3O3. The lowest BCUT2D eigenvalue weighted by atomic mass is 9.96. The first-order valence-electron chi connectivity index (χ1n) is 7.71. The lowest BCUT2D eigenvalue weighted by molar-refractivity contribution is -0.125. The molecule has 2 aromatic rings. The second-order valence-corrected chi connectivity index (χ2v) is 5.92. The monoisotopic (exact) mass is 315 g/mol. The van der Waals surface area contributed by atoms with Crippen molar-refractivity contribution in [3.05, 3.63) is 36.0 Å². The largest absolute Gasteiger partial charge is 0.384 e. The standard InChI is InChI=1S/C17H21N3O3/c1-18-16(21)13-9-20(8-12(13)10-23-2)17(22)15-7-11-5-3-4-6-14(11)19-15/h3-7,12-13,19H,8-10H2,1-2H3,(H,18,21)/t12-,13+/m0/s1. The SMILES string of the molecule is CNC(=O)[C@@H]1CN(C(=O)c2cc3ccccc3[nH]2)C[C@H]1COC. The number of aromatic nitrogens is 1. The summed E-state index contributed by atoms with van der Waals surface area (Å²) in [4.78, 5) is 29.7. The first-order valence-corrected chi connectivity index (χ1v) is 7.71. The van der Waals surface area contributed by atoms with Gasteiger partial charge in [0.1, 0.15) is 5.69 Å². The van der Waals surface area contributed by atoms with Gasteiger partial charge in [-0.1, -0.05) is 18.2 Å². The Hall–Kier alpha value is -2.34. The van der Waals surface area contributed by atoms with Gasteiger partial charge < -0.3 is 19.9 Å². The minimum Gasteiger partial charge on any atom is -0.384 e. The number of hydrogen-bond acceptors (Lipinski definition) is 3. The number of rotatable bonds is 4. The van der Waals surface area contributed by atoms with E-state index in [9.17, 15) is 9.59 Å². The Bertz CT molecular complexity index is 692. The van der Waals surface area contributed by atoms with Crippen molar-refractivity contribution in [2.75, 3.05) is 33.9 Å². The highest BCUT2D eigenvalue weighted by molar-refractivity contribution is 5.98. The van der Waals surface area contributed by atoms with Crippen LogP contribution in [0.2, 0.25) is 0 Å². The Morgan fingerprint density at radius 3 is 2.83 bits per heavy atom. The van der Waals surface area contributed by atoms with Gasteiger partial charge in [-0.2, -0.15) is 0 Å². The first kappa shape index (κ1) is 15.6. The van der Waals surface area contributed by atoms with Crippen LogP contribution < -0.4 is 5.32 Å². The van der Waals surface area contributed by atoms with E-state index in [-0.39, 0.29) is 23.7 Å². The van der Waals surface area contributed by atoms with Crippen LogP contribution in [0.5, 0.6) is 0 Å². The van der Waals surface area contributed by atoms with Crippen LogP contribution >= 0.6 is 0 Å². The molecule has 23 heavy (non-hydrogen) atoms. The lowest BCUT2D eigenvalue weighted by Crippen LogP contribution is -2.34. The number of nitrogens with zero attached hydrogens (tertiary/aromatic N) is 1. The maximum absolute atomic E-state index is 12.7. The minimum atomic E-state index is -0.228. The Morgan fingerprint density at radius 1 is 1.35 bits per heavy atom. The van der Waals surface area contributed by atoms with Crippen molar-refractivity contribution < 1.29 is 14.3 Å². The molecule has 0 saturated carbocycles. The van der Waals surface area contributed by atoms with Crippen LogP contribution in [0.3, 0.4) is 0 Å². The number of carbonyl (C=O) groups excluding carboxylic acids is 2. The van der Waals surface area contributed by atoms with E-state index < -0.39 is 0 Å². The van der Waals surface area contributed by atoms with Crippen LogP contribution in [0.25, 0.3) is 10.9 Å². The number of likely N-dealkylation sites (tertiary alicyclic amines) is 1. The molecule has 0 spiro atoms. The Kier molecular flexibility index (Phi) is 4.34. The van der Waals surface area contributed by atoms with Gasteiger partial charge in [0.15, 0.2) is 0 Å². The highest BCUT2D eigenvalue weighted by atomic mass is 16.5. The van der Waals surface area contributed by atoms with Gasteiger partial charge in [-0.3, -0.25) is 9.59 Å². The predicted molar refractivity (Wildman–Crippen MR) is 87.1 cm³/mol. The molecule has 1 aliphatic heterocycles. The fourth-order valence-corrected chi connectivity index (χ4v) is 3.26. The molecule has 0 unspecified atom stereocenters. The predicted octanol–water partition coefficient (Wildman–Crippen LogP) is 1.25. The summed E-state index contributed by atoms with van der Waals surface area (Å²) in [5, 5.41) is 3.68. The fraction of sp³-hybridized carbons (Fsp3) is 0.412. The number of carbonyl (C=O) groups is 2. The zero-order valence-corrected chi connectivity index (χ0v) is 13.3. The Balaban J connectivity index is 1.80. The fourth-order valence-electron chi connectivity index (χ4n) is 3.26. The summed E-state index contributed by atoms with van der Waals surface area (Å²) in [6.07, 6.45) is 0. The maximum Gasteiger partial charge on any atom is 0.270 e. The third-order valence-corrected chi connectivity index (χ3v) is 4.45. The molecular weight excluding hydrogens is 294 g/mol. The number of nitrogens with one attached hydrogen (secondary N) is 2. The van der Waals surface area contributed by atoms with E-state index in [1.807, 2.05) is 30.3 Å². The molecule has 3 rings (SSSR count). The molecule has 2 heterocycles. The molecule has 6 nitrogen and oxygen atoms in total. The van der Waals surface area contributed by atoms with Gasteiger partial charge >= 0.3 is 0 Å². The number of aromatic amines is 1. The average molecular weight is 315 g/mol. The summed E-state index contributed by atoms with van der Waals surface area (Å²) in [6.45, 7) is 1.41. The van der Waals surface area contributed by atoms with E-state index in [1.54, 1.807) is 19.1 Å². The van der Waals surface area contributed by atoms with Gasteiger partial charge in [-0.15, -0.1) is 0 Å². The third-order valence-electron chi connectivity index (χ3n) is 4.45. The van der Waals surface area contributed by atoms with Crippen molar-refractivity contribution >= 4 is 22.7 Å². The molecule has 0 aliphatic carbocycles. The van der Waals surface area contributed by atoms with Gasteiger partial charge in [0.25, 0.3) is 5.91 Å². The summed E-state index contributed by atoms with van der Waals surface area (Å²) in [6, 6.07) is 9.64. The molecule has 1 aliphatic rings. The average Bonchev–Trinajstić information content (AvgIpc) is 3.17. The van der Waals surface area contributed by atoms with E-state index >= 15 is 0 Å². The molecule has 0 radical (unpaired) electrons. The van der Waals surface area contributed by atoms with Crippen LogP contribution in [-0.2, 0) is 9.53 Å². The highest BCUT2D eigenvalue weighted by Crippen LogP contribution is 2.26. The summed E-state index contributed by atoms with van der Waals surface area (Å²) < 4.78 is 5.21. The normalized spacial score (nSPS) is 20.9. The summed E-state index contributed by atoms with van der Waals surface area (Å²) >= 11 is 0. The summed E-state index contributed by atoms with van der Waals surface area (Å²) in [5.41, 5.74) is 1.49. The van der Waals surface area contributed by atoms with Crippen molar-refractivity contribution in [1.82, 2.24) is 15.2 Å². The Labute approximate surface area is 134 Å². The van der Waals surface area contributed by atoms with Gasteiger partial charge in [0.2, 0.25) is 5.91 Å². The maximum atomic E-state index is 12.7. The van der Waals surface area contributed by atoms with Crippen molar-refractivity contribution in [3.8, 4) is 0 Å². The van der Waals surface area contributed by atoms with Crippen molar-refractivity contribution in [3.63, 3.8) is 0 Å². The van der Waals surface area contributed by atoms with E-state index in [0.29, 0.717) is 25.4 Å². The van der Waals surface area contributed by atoms with Crippen LogP contribution in [0.4, 0.5) is 0 Å². The lowest BCUT2D eigenvalue weighted by Gasteiger charge is -2.15. The summed E-state index contributed by atoms with van der Waals surface area (Å²) in [7, 11) is 3.23. The van der Waals surface area contributed by atoms with Crippen molar-refractivity contribution in [2.24, 2.45) is 11.8 Å². The number of amides is 2. The molecule has 122 valence electrons. The molecule has 2 atom stereocenters. The quantitative estimate of drug-likeness (QED) is 0.892. The van der Waals surface area contributed by atoms with Crippen molar-refractivity contribution in [1.29, 1.82) is 0 Å². The molecule has 2 N–H and O–H groups in total. The van der Waals surface area contributed by atoms with E-state index in [2.05, 4.69) is 10.3 Å². The van der Waals surface area contributed by atoms with Gasteiger partial charge in [0, 0.05) is 44.1 Å².